The minimum Gasteiger partial charge on any atom is -0.381 e. The molecule has 1 aliphatic rings. The van der Waals surface area contributed by atoms with Crippen LogP contribution in [0.1, 0.15) is 24.6 Å². The van der Waals surface area contributed by atoms with Crippen LogP contribution in [0.15, 0.2) is 12.4 Å². The van der Waals surface area contributed by atoms with Crippen LogP contribution in [-0.2, 0) is 4.74 Å². The van der Waals surface area contributed by atoms with Gasteiger partial charge in [0.2, 0.25) is 0 Å². The molecule has 0 spiro atoms. The van der Waals surface area contributed by atoms with Crippen molar-refractivity contribution in [3.05, 3.63) is 23.4 Å². The van der Waals surface area contributed by atoms with E-state index in [4.69, 9.17) is 16.3 Å². The zero-order valence-corrected chi connectivity index (χ0v) is 9.39. The zero-order chi connectivity index (χ0) is 11.0. The summed E-state index contributed by atoms with van der Waals surface area (Å²) in [5, 5.41) is 8.68. The van der Waals surface area contributed by atoms with E-state index in [1.807, 2.05) is 10.6 Å². The molecule has 0 aliphatic carbocycles. The number of hydrogen-bond donors (Lipinski definition) is 0. The molecule has 1 saturated heterocycles. The van der Waals surface area contributed by atoms with Crippen molar-refractivity contribution in [2.45, 2.75) is 18.8 Å². The SMILES string of the molecule is Clc1nccn2c(C3CCOCC3)nnc12. The number of ether oxygens (including phenoxy) is 1. The molecule has 84 valence electrons. The van der Waals surface area contributed by atoms with E-state index in [9.17, 15) is 0 Å². The lowest BCUT2D eigenvalue weighted by Gasteiger charge is -2.20. The Balaban J connectivity index is 2.06. The van der Waals surface area contributed by atoms with Crippen LogP contribution in [0.3, 0.4) is 0 Å². The first-order valence-electron chi connectivity index (χ1n) is 5.29. The maximum absolute atomic E-state index is 5.95. The smallest absolute Gasteiger partial charge is 0.198 e. The maximum atomic E-state index is 5.95. The van der Waals surface area contributed by atoms with Gasteiger partial charge in [-0.15, -0.1) is 10.2 Å². The molecule has 1 aliphatic heterocycles. The summed E-state index contributed by atoms with van der Waals surface area (Å²) >= 11 is 5.95. The van der Waals surface area contributed by atoms with Gasteiger partial charge < -0.3 is 4.74 Å². The third-order valence-electron chi connectivity index (χ3n) is 2.90. The third-order valence-corrected chi connectivity index (χ3v) is 3.16. The van der Waals surface area contributed by atoms with Gasteiger partial charge in [-0.25, -0.2) is 4.98 Å². The van der Waals surface area contributed by atoms with E-state index in [1.165, 1.54) is 0 Å². The van der Waals surface area contributed by atoms with E-state index in [0.717, 1.165) is 31.9 Å². The van der Waals surface area contributed by atoms with Gasteiger partial charge in [0.25, 0.3) is 0 Å². The minimum atomic E-state index is 0.397. The minimum absolute atomic E-state index is 0.397. The molecule has 0 amide bonds. The topological polar surface area (TPSA) is 52.3 Å². The van der Waals surface area contributed by atoms with Gasteiger partial charge in [0.15, 0.2) is 10.8 Å². The number of nitrogens with zero attached hydrogens (tertiary/aromatic N) is 4. The first-order chi connectivity index (χ1) is 7.86. The van der Waals surface area contributed by atoms with Gasteiger partial charge in [-0.05, 0) is 12.8 Å². The monoisotopic (exact) mass is 238 g/mol. The Bertz CT molecular complexity index is 506. The Morgan fingerprint density at radius 1 is 1.31 bits per heavy atom. The molecular weight excluding hydrogens is 228 g/mol. The molecule has 5 nitrogen and oxygen atoms in total. The lowest BCUT2D eigenvalue weighted by molar-refractivity contribution is 0.0834. The van der Waals surface area contributed by atoms with Crippen LogP contribution in [0.25, 0.3) is 5.65 Å². The Hall–Kier alpha value is -1.20. The molecule has 0 aromatic carbocycles. The first kappa shape index (κ1) is 9.99. The molecular formula is C10H11ClN4O. The standard InChI is InChI=1S/C10H11ClN4O/c11-8-10-14-13-9(15(10)4-3-12-8)7-1-5-16-6-2-7/h3-4,7H,1-2,5-6H2. The molecule has 3 rings (SSSR count). The molecule has 3 heterocycles. The highest BCUT2D eigenvalue weighted by atomic mass is 35.5. The zero-order valence-electron chi connectivity index (χ0n) is 8.64. The van der Waals surface area contributed by atoms with Crippen LogP contribution < -0.4 is 0 Å². The van der Waals surface area contributed by atoms with Gasteiger partial charge >= 0.3 is 0 Å². The lowest BCUT2D eigenvalue weighted by atomic mass is 10.00. The number of aromatic nitrogens is 4. The molecule has 1 fully saturated rings. The van der Waals surface area contributed by atoms with E-state index < -0.39 is 0 Å². The summed E-state index contributed by atoms with van der Waals surface area (Å²) in [7, 11) is 0. The molecule has 2 aromatic heterocycles. The number of halogens is 1. The normalized spacial score (nSPS) is 18.1. The van der Waals surface area contributed by atoms with Gasteiger partial charge in [-0.1, -0.05) is 11.6 Å². The lowest BCUT2D eigenvalue weighted by Crippen LogP contribution is -2.16. The average molecular weight is 239 g/mol. The van der Waals surface area contributed by atoms with Crippen LogP contribution in [0.5, 0.6) is 0 Å². The Morgan fingerprint density at radius 3 is 2.94 bits per heavy atom. The predicted octanol–water partition coefficient (Wildman–Crippen LogP) is 1.67. The van der Waals surface area contributed by atoms with Gasteiger partial charge in [0.1, 0.15) is 5.82 Å². The van der Waals surface area contributed by atoms with E-state index >= 15 is 0 Å². The summed E-state index contributed by atoms with van der Waals surface area (Å²) in [5.74, 6) is 1.37. The van der Waals surface area contributed by atoms with Gasteiger partial charge in [-0.2, -0.15) is 0 Å². The summed E-state index contributed by atoms with van der Waals surface area (Å²) in [6, 6.07) is 0. The van der Waals surface area contributed by atoms with Crippen molar-refractivity contribution in [1.29, 1.82) is 0 Å². The number of hydrogen-bond acceptors (Lipinski definition) is 4. The molecule has 0 unspecified atom stereocenters. The number of rotatable bonds is 1. The summed E-state index contributed by atoms with van der Waals surface area (Å²) < 4.78 is 7.26. The Labute approximate surface area is 97.4 Å². The highest BCUT2D eigenvalue weighted by molar-refractivity contribution is 6.32. The Morgan fingerprint density at radius 2 is 2.12 bits per heavy atom. The van der Waals surface area contributed by atoms with Crippen molar-refractivity contribution < 1.29 is 4.74 Å². The van der Waals surface area contributed by atoms with Crippen LogP contribution in [-0.4, -0.2) is 32.8 Å². The Kier molecular flexibility index (Phi) is 2.49. The highest BCUT2D eigenvalue weighted by Crippen LogP contribution is 2.26. The van der Waals surface area contributed by atoms with Crippen LogP contribution in [0.2, 0.25) is 5.15 Å². The average Bonchev–Trinajstić information content (AvgIpc) is 2.75. The van der Waals surface area contributed by atoms with Gasteiger partial charge in [0, 0.05) is 31.5 Å². The van der Waals surface area contributed by atoms with E-state index in [2.05, 4.69) is 15.2 Å². The molecule has 0 N–H and O–H groups in total. The van der Waals surface area contributed by atoms with Crippen molar-refractivity contribution in [3.63, 3.8) is 0 Å². The van der Waals surface area contributed by atoms with Crippen molar-refractivity contribution >= 4 is 17.2 Å². The molecule has 6 heteroatoms. The summed E-state index contributed by atoms with van der Waals surface area (Å²) in [6.45, 7) is 1.58. The molecule has 0 radical (unpaired) electrons. The van der Waals surface area contributed by atoms with Crippen LogP contribution >= 0.6 is 11.6 Å². The van der Waals surface area contributed by atoms with E-state index in [1.54, 1.807) is 6.20 Å². The van der Waals surface area contributed by atoms with Crippen molar-refractivity contribution in [3.8, 4) is 0 Å². The fourth-order valence-electron chi connectivity index (χ4n) is 2.05. The summed E-state index contributed by atoms with van der Waals surface area (Å²) in [4.78, 5) is 3.98. The first-order valence-corrected chi connectivity index (χ1v) is 5.67. The molecule has 0 bridgehead atoms. The molecule has 16 heavy (non-hydrogen) atoms. The second kappa shape index (κ2) is 3.99. The molecule has 2 aromatic rings. The fourth-order valence-corrected chi connectivity index (χ4v) is 2.23. The summed E-state index contributed by atoms with van der Waals surface area (Å²) in [5.41, 5.74) is 0.630. The molecule has 0 saturated carbocycles. The van der Waals surface area contributed by atoms with Crippen LogP contribution in [0, 0.1) is 0 Å². The van der Waals surface area contributed by atoms with Gasteiger partial charge in [-0.3, -0.25) is 4.40 Å². The number of fused-ring (bicyclic) bond motifs is 1. The van der Waals surface area contributed by atoms with Crippen LogP contribution in [0.4, 0.5) is 0 Å². The largest absolute Gasteiger partial charge is 0.381 e. The maximum Gasteiger partial charge on any atom is 0.198 e. The quantitative estimate of drug-likeness (QED) is 0.759. The second-order valence-corrected chi connectivity index (χ2v) is 4.21. The van der Waals surface area contributed by atoms with E-state index in [-0.39, 0.29) is 0 Å². The van der Waals surface area contributed by atoms with Gasteiger partial charge in [0.05, 0.1) is 0 Å². The predicted molar refractivity (Wildman–Crippen MR) is 58.6 cm³/mol. The van der Waals surface area contributed by atoms with Crippen molar-refractivity contribution in [2.75, 3.05) is 13.2 Å². The molecule has 0 atom stereocenters. The van der Waals surface area contributed by atoms with Crippen molar-refractivity contribution in [1.82, 2.24) is 19.6 Å². The third kappa shape index (κ3) is 1.56. The highest BCUT2D eigenvalue weighted by Gasteiger charge is 2.21. The fraction of sp³-hybridized carbons (Fsp3) is 0.500. The second-order valence-electron chi connectivity index (χ2n) is 3.86. The van der Waals surface area contributed by atoms with E-state index in [0.29, 0.717) is 16.7 Å². The summed E-state index contributed by atoms with van der Waals surface area (Å²) in [6.07, 6.45) is 5.50. The van der Waals surface area contributed by atoms with Crippen molar-refractivity contribution in [2.24, 2.45) is 0 Å².